The van der Waals surface area contributed by atoms with Gasteiger partial charge in [-0.3, -0.25) is 4.79 Å². The summed E-state index contributed by atoms with van der Waals surface area (Å²) in [5.74, 6) is -0.356. The second-order valence-corrected chi connectivity index (χ2v) is 9.85. The van der Waals surface area contributed by atoms with E-state index >= 15 is 0 Å². The lowest BCUT2D eigenvalue weighted by atomic mass is 10.0. The predicted molar refractivity (Wildman–Crippen MR) is 121 cm³/mol. The first-order valence-corrected chi connectivity index (χ1v) is 12.5. The smallest absolute Gasteiger partial charge is 0.308 e. The van der Waals surface area contributed by atoms with Crippen LogP contribution in [0.4, 0.5) is 0 Å². The summed E-state index contributed by atoms with van der Waals surface area (Å²) in [5.41, 5.74) is -0.529. The van der Waals surface area contributed by atoms with Crippen LogP contribution in [0.15, 0.2) is 0 Å². The lowest BCUT2D eigenvalue weighted by Crippen LogP contribution is -2.32. The van der Waals surface area contributed by atoms with Gasteiger partial charge in [0.25, 0.3) is 0 Å². The van der Waals surface area contributed by atoms with Crippen LogP contribution in [0.2, 0.25) is 0 Å². The van der Waals surface area contributed by atoms with Crippen molar-refractivity contribution in [2.24, 2.45) is 0 Å². The molecule has 1 fully saturated rings. The van der Waals surface area contributed by atoms with Crippen LogP contribution >= 0.6 is 0 Å². The molecule has 1 aliphatic rings. The Morgan fingerprint density at radius 2 is 1.67 bits per heavy atom. The average Bonchev–Trinajstić information content (AvgIpc) is 2.65. The van der Waals surface area contributed by atoms with Crippen molar-refractivity contribution in [1.29, 1.82) is 0 Å². The number of unbranched alkanes of at least 4 members (excludes halogenated alkanes) is 8. The first kappa shape index (κ1) is 27.4. The Hall–Kier alpha value is -0.650. The zero-order valence-electron chi connectivity index (χ0n) is 20.1. The number of hydrogen-bond acceptors (Lipinski definition) is 5. The summed E-state index contributed by atoms with van der Waals surface area (Å²) in [6.45, 7) is 8.52. The summed E-state index contributed by atoms with van der Waals surface area (Å²) in [6, 6.07) is 0. The number of aliphatic hydroxyl groups excluding tert-OH is 1. The van der Waals surface area contributed by atoms with Gasteiger partial charge in [-0.15, -0.1) is 0 Å². The zero-order chi connectivity index (χ0) is 22.2. The Bertz CT molecular complexity index is 426. The van der Waals surface area contributed by atoms with Gasteiger partial charge in [-0.1, -0.05) is 64.7 Å². The number of aliphatic hydroxyl groups is 1. The van der Waals surface area contributed by atoms with Crippen molar-refractivity contribution < 1.29 is 24.1 Å². The van der Waals surface area contributed by atoms with Crippen molar-refractivity contribution in [2.45, 2.75) is 148 Å². The molecule has 30 heavy (non-hydrogen) atoms. The Labute approximate surface area is 185 Å². The predicted octanol–water partition coefficient (Wildman–Crippen LogP) is 6.30. The maximum absolute atomic E-state index is 12.0. The van der Waals surface area contributed by atoms with Crippen molar-refractivity contribution in [3.63, 3.8) is 0 Å². The fourth-order valence-corrected chi connectivity index (χ4v) is 3.92. The van der Waals surface area contributed by atoms with Gasteiger partial charge in [-0.25, -0.2) is 0 Å². The van der Waals surface area contributed by atoms with Gasteiger partial charge >= 0.3 is 5.97 Å². The molecule has 0 aromatic heterocycles. The number of rotatable bonds is 16. The molecule has 0 bridgehead atoms. The molecule has 0 aliphatic carbocycles. The van der Waals surface area contributed by atoms with E-state index in [0.29, 0.717) is 6.42 Å². The largest absolute Gasteiger partial charge is 0.460 e. The van der Waals surface area contributed by atoms with Gasteiger partial charge < -0.3 is 19.3 Å². The molecule has 1 saturated heterocycles. The van der Waals surface area contributed by atoms with E-state index in [0.717, 1.165) is 38.7 Å². The third-order valence-corrected chi connectivity index (χ3v) is 5.47. The molecule has 1 rings (SSSR count). The molecular weight excluding hydrogens is 380 g/mol. The Balaban J connectivity index is 2.33. The molecule has 3 atom stereocenters. The van der Waals surface area contributed by atoms with E-state index in [1.807, 2.05) is 20.8 Å². The quantitative estimate of drug-likeness (QED) is 0.231. The van der Waals surface area contributed by atoms with E-state index in [1.54, 1.807) is 0 Å². The van der Waals surface area contributed by atoms with Crippen LogP contribution in [-0.4, -0.2) is 41.8 Å². The van der Waals surface area contributed by atoms with Gasteiger partial charge in [0.05, 0.1) is 18.6 Å². The molecule has 0 spiro atoms. The van der Waals surface area contributed by atoms with E-state index in [4.69, 9.17) is 14.2 Å². The van der Waals surface area contributed by atoms with Gasteiger partial charge in [-0.2, -0.15) is 0 Å². The minimum Gasteiger partial charge on any atom is -0.460 e. The molecule has 1 aliphatic heterocycles. The van der Waals surface area contributed by atoms with Crippen LogP contribution in [0.25, 0.3) is 0 Å². The first-order chi connectivity index (χ1) is 14.3. The van der Waals surface area contributed by atoms with Gasteiger partial charge in [-0.05, 0) is 46.5 Å². The van der Waals surface area contributed by atoms with Crippen LogP contribution in [-0.2, 0) is 19.0 Å². The lowest BCUT2D eigenvalue weighted by Gasteiger charge is -2.29. The van der Waals surface area contributed by atoms with Crippen molar-refractivity contribution in [1.82, 2.24) is 0 Å². The minimum absolute atomic E-state index is 0.0143. The number of carbonyl (C=O) groups is 1. The van der Waals surface area contributed by atoms with Gasteiger partial charge in [0.2, 0.25) is 0 Å². The second-order valence-electron chi connectivity index (χ2n) is 9.85. The monoisotopic (exact) mass is 428 g/mol. The van der Waals surface area contributed by atoms with Crippen molar-refractivity contribution in [3.8, 4) is 0 Å². The van der Waals surface area contributed by atoms with Gasteiger partial charge in [0, 0.05) is 13.0 Å². The molecular formula is C25H48O5. The van der Waals surface area contributed by atoms with Crippen LogP contribution < -0.4 is 0 Å². The zero-order valence-corrected chi connectivity index (χ0v) is 20.1. The normalized spacial score (nSPS) is 19.4. The molecule has 5 nitrogen and oxygen atoms in total. The fourth-order valence-electron chi connectivity index (χ4n) is 3.92. The highest BCUT2D eigenvalue weighted by molar-refractivity contribution is 5.70. The molecule has 1 N–H and O–H groups in total. The molecule has 2 unspecified atom stereocenters. The topological polar surface area (TPSA) is 65.0 Å². The average molecular weight is 429 g/mol. The summed E-state index contributed by atoms with van der Waals surface area (Å²) < 4.78 is 17.3. The highest BCUT2D eigenvalue weighted by atomic mass is 16.7. The third kappa shape index (κ3) is 15.2. The lowest BCUT2D eigenvalue weighted by molar-refractivity contribution is -0.195. The summed E-state index contributed by atoms with van der Waals surface area (Å²) in [6.07, 6.45) is 15.1. The van der Waals surface area contributed by atoms with E-state index < -0.39 is 11.7 Å². The summed E-state index contributed by atoms with van der Waals surface area (Å²) in [4.78, 5) is 12.0. The maximum Gasteiger partial charge on any atom is 0.308 e. The minimum atomic E-state index is -0.744. The number of carbonyl (C=O) groups excluding carboxylic acids is 1. The Morgan fingerprint density at radius 3 is 2.23 bits per heavy atom. The van der Waals surface area contributed by atoms with Crippen molar-refractivity contribution in [3.05, 3.63) is 0 Å². The van der Waals surface area contributed by atoms with Gasteiger partial charge in [0.1, 0.15) is 5.60 Å². The Morgan fingerprint density at radius 1 is 1.03 bits per heavy atom. The summed E-state index contributed by atoms with van der Waals surface area (Å²) in [5, 5.41) is 10.4. The molecule has 0 saturated carbocycles. The Kier molecular flexibility index (Phi) is 14.6. The number of hydrogen-bond donors (Lipinski definition) is 1. The van der Waals surface area contributed by atoms with Crippen LogP contribution in [0.5, 0.6) is 0 Å². The molecule has 0 radical (unpaired) electrons. The summed E-state index contributed by atoms with van der Waals surface area (Å²) in [7, 11) is 0. The molecule has 0 aromatic rings. The standard InChI is InChI=1S/C25H48O5/c1-5-6-7-8-9-10-11-12-13-16-22(29-24-17-14-15-18-28-24)19-21(26)20-23(27)30-25(2,3)4/h21-22,24,26H,5-20H2,1-4H3/t21-,22?,24?/m1/s1. The molecule has 5 heteroatoms. The third-order valence-electron chi connectivity index (χ3n) is 5.47. The van der Waals surface area contributed by atoms with Crippen molar-refractivity contribution in [2.75, 3.05) is 6.61 Å². The van der Waals surface area contributed by atoms with Crippen molar-refractivity contribution >= 4 is 5.97 Å². The molecule has 1 heterocycles. The SMILES string of the molecule is CCCCCCCCCCCC(C[C@@H](O)CC(=O)OC(C)(C)C)OC1CCCCO1. The first-order valence-electron chi connectivity index (χ1n) is 12.5. The fraction of sp³-hybridized carbons (Fsp3) is 0.960. The van der Waals surface area contributed by atoms with E-state index in [1.165, 1.54) is 51.4 Å². The van der Waals surface area contributed by atoms with Gasteiger partial charge in [0.15, 0.2) is 6.29 Å². The highest BCUT2D eigenvalue weighted by Gasteiger charge is 2.25. The van der Waals surface area contributed by atoms with Crippen LogP contribution in [0, 0.1) is 0 Å². The van der Waals surface area contributed by atoms with E-state index in [2.05, 4.69) is 6.92 Å². The summed E-state index contributed by atoms with van der Waals surface area (Å²) >= 11 is 0. The highest BCUT2D eigenvalue weighted by Crippen LogP contribution is 2.22. The van der Waals surface area contributed by atoms with Crippen LogP contribution in [0.1, 0.15) is 124 Å². The number of ether oxygens (including phenoxy) is 3. The maximum atomic E-state index is 12.0. The van der Waals surface area contributed by atoms with E-state index in [-0.39, 0.29) is 24.8 Å². The number of esters is 1. The second kappa shape index (κ2) is 16.0. The van der Waals surface area contributed by atoms with Crippen LogP contribution in [0.3, 0.4) is 0 Å². The molecule has 178 valence electrons. The molecule has 0 amide bonds. The molecule has 0 aromatic carbocycles. The van der Waals surface area contributed by atoms with E-state index in [9.17, 15) is 9.90 Å².